The monoisotopic (exact) mass is 182 g/mol. The summed E-state index contributed by atoms with van der Waals surface area (Å²) < 4.78 is 0. The molecule has 0 aromatic rings. The zero-order valence-electron chi connectivity index (χ0n) is 9.54. The summed E-state index contributed by atoms with van der Waals surface area (Å²) in [5.74, 6) is 0. The summed E-state index contributed by atoms with van der Waals surface area (Å²) >= 11 is 0. The van der Waals surface area contributed by atoms with Crippen LogP contribution in [0.4, 0.5) is 0 Å². The van der Waals surface area contributed by atoms with Crippen LogP contribution in [-0.2, 0) is 0 Å². The average Bonchev–Trinajstić information content (AvgIpc) is 2.49. The van der Waals surface area contributed by atoms with E-state index >= 15 is 0 Å². The van der Waals surface area contributed by atoms with Crippen LogP contribution in [-0.4, -0.2) is 47.1 Å². The van der Waals surface area contributed by atoms with Gasteiger partial charge < -0.3 is 0 Å². The van der Waals surface area contributed by atoms with Crippen molar-refractivity contribution in [2.45, 2.75) is 57.8 Å². The molecule has 0 saturated carbocycles. The molecule has 0 amide bonds. The smallest absolute Gasteiger partial charge is 0.0352 e. The van der Waals surface area contributed by atoms with Gasteiger partial charge in [0.2, 0.25) is 0 Å². The Morgan fingerprint density at radius 2 is 2.00 bits per heavy atom. The van der Waals surface area contributed by atoms with E-state index in [2.05, 4.69) is 44.5 Å². The SMILES string of the molecule is CC(C)N1CC2CC1(C)C(C)N2C. The maximum absolute atomic E-state index is 2.68. The van der Waals surface area contributed by atoms with Crippen LogP contribution in [0.3, 0.4) is 0 Å². The largest absolute Gasteiger partial charge is 0.298 e. The Bertz CT molecular complexity index is 214. The Hall–Kier alpha value is -0.0800. The lowest BCUT2D eigenvalue weighted by Crippen LogP contribution is -2.58. The molecule has 3 atom stereocenters. The van der Waals surface area contributed by atoms with Crippen LogP contribution in [0.1, 0.15) is 34.1 Å². The Morgan fingerprint density at radius 1 is 1.38 bits per heavy atom. The van der Waals surface area contributed by atoms with Crippen LogP contribution < -0.4 is 0 Å². The standard InChI is InChI=1S/C11H22N2/c1-8(2)13-7-10-6-11(13,4)9(3)12(10)5/h8-10H,6-7H2,1-5H3. The number of likely N-dealkylation sites (N-methyl/N-ethyl adjacent to an activating group) is 1. The van der Waals surface area contributed by atoms with Crippen molar-refractivity contribution in [3.63, 3.8) is 0 Å². The second-order valence-electron chi connectivity index (χ2n) is 5.30. The van der Waals surface area contributed by atoms with Crippen molar-refractivity contribution >= 4 is 0 Å². The van der Waals surface area contributed by atoms with E-state index in [4.69, 9.17) is 0 Å². The van der Waals surface area contributed by atoms with E-state index in [1.807, 2.05) is 0 Å². The summed E-state index contributed by atoms with van der Waals surface area (Å²) in [5, 5.41) is 0. The lowest BCUT2D eigenvalue weighted by Gasteiger charge is -2.46. The van der Waals surface area contributed by atoms with E-state index in [0.29, 0.717) is 17.6 Å². The minimum absolute atomic E-state index is 0.438. The van der Waals surface area contributed by atoms with E-state index < -0.39 is 0 Å². The Labute approximate surface area is 81.9 Å². The van der Waals surface area contributed by atoms with Crippen LogP contribution in [0.25, 0.3) is 0 Å². The van der Waals surface area contributed by atoms with E-state index in [0.717, 1.165) is 6.04 Å². The molecule has 0 aromatic heterocycles. The van der Waals surface area contributed by atoms with Gasteiger partial charge in [-0.05, 0) is 41.2 Å². The van der Waals surface area contributed by atoms with Crippen LogP contribution in [0.15, 0.2) is 0 Å². The number of nitrogens with zero attached hydrogens (tertiary/aromatic N) is 2. The van der Waals surface area contributed by atoms with Gasteiger partial charge in [-0.1, -0.05) is 0 Å². The second-order valence-corrected chi connectivity index (χ2v) is 5.30. The highest BCUT2D eigenvalue weighted by Crippen LogP contribution is 2.44. The first kappa shape index (κ1) is 9.47. The molecule has 2 fully saturated rings. The van der Waals surface area contributed by atoms with Crippen LogP contribution >= 0.6 is 0 Å². The van der Waals surface area contributed by atoms with Gasteiger partial charge in [0.1, 0.15) is 0 Å². The number of likely N-dealkylation sites (tertiary alicyclic amines) is 2. The van der Waals surface area contributed by atoms with Crippen LogP contribution in [0.5, 0.6) is 0 Å². The van der Waals surface area contributed by atoms with Gasteiger partial charge in [0, 0.05) is 30.2 Å². The van der Waals surface area contributed by atoms with E-state index in [1.165, 1.54) is 13.0 Å². The van der Waals surface area contributed by atoms with Gasteiger partial charge in [-0.2, -0.15) is 0 Å². The molecule has 2 aliphatic heterocycles. The van der Waals surface area contributed by atoms with Crippen molar-refractivity contribution in [1.29, 1.82) is 0 Å². The third-order valence-electron chi connectivity index (χ3n) is 4.42. The number of hydrogen-bond acceptors (Lipinski definition) is 2. The Morgan fingerprint density at radius 3 is 2.38 bits per heavy atom. The van der Waals surface area contributed by atoms with Crippen molar-refractivity contribution in [2.75, 3.05) is 13.6 Å². The molecule has 0 N–H and O–H groups in total. The summed E-state index contributed by atoms with van der Waals surface area (Å²) in [7, 11) is 2.28. The highest BCUT2D eigenvalue weighted by molar-refractivity contribution is 5.12. The van der Waals surface area contributed by atoms with Crippen molar-refractivity contribution in [3.8, 4) is 0 Å². The predicted molar refractivity (Wildman–Crippen MR) is 55.9 cm³/mol. The predicted octanol–water partition coefficient (Wildman–Crippen LogP) is 1.56. The molecule has 2 nitrogen and oxygen atoms in total. The van der Waals surface area contributed by atoms with Gasteiger partial charge in [-0.15, -0.1) is 0 Å². The number of hydrogen-bond donors (Lipinski definition) is 0. The summed E-state index contributed by atoms with van der Waals surface area (Å²) in [5.41, 5.74) is 0.438. The number of rotatable bonds is 1. The van der Waals surface area contributed by atoms with Crippen molar-refractivity contribution < 1.29 is 0 Å². The maximum atomic E-state index is 2.68. The molecule has 0 aromatic carbocycles. The molecule has 2 aliphatic rings. The number of piperazine rings is 1. The molecule has 3 unspecified atom stereocenters. The highest BCUT2D eigenvalue weighted by Gasteiger charge is 2.55. The van der Waals surface area contributed by atoms with Gasteiger partial charge in [-0.3, -0.25) is 9.80 Å². The molecule has 2 heteroatoms. The zero-order valence-corrected chi connectivity index (χ0v) is 9.54. The van der Waals surface area contributed by atoms with Crippen molar-refractivity contribution in [2.24, 2.45) is 0 Å². The Balaban J connectivity index is 2.24. The van der Waals surface area contributed by atoms with E-state index in [1.54, 1.807) is 0 Å². The molecule has 13 heavy (non-hydrogen) atoms. The molecule has 0 aliphatic carbocycles. The normalized spacial score (nSPS) is 46.6. The van der Waals surface area contributed by atoms with Crippen LogP contribution in [0.2, 0.25) is 0 Å². The fourth-order valence-electron chi connectivity index (χ4n) is 3.33. The van der Waals surface area contributed by atoms with Gasteiger partial charge in [0.25, 0.3) is 0 Å². The molecule has 0 spiro atoms. The third-order valence-corrected chi connectivity index (χ3v) is 4.42. The highest BCUT2D eigenvalue weighted by atomic mass is 15.4. The summed E-state index contributed by atoms with van der Waals surface area (Å²) in [6.45, 7) is 10.7. The molecular weight excluding hydrogens is 160 g/mol. The van der Waals surface area contributed by atoms with E-state index in [9.17, 15) is 0 Å². The van der Waals surface area contributed by atoms with E-state index in [-0.39, 0.29) is 0 Å². The maximum Gasteiger partial charge on any atom is 0.0352 e. The number of fused-ring (bicyclic) bond motifs is 2. The minimum atomic E-state index is 0.438. The van der Waals surface area contributed by atoms with Gasteiger partial charge >= 0.3 is 0 Å². The minimum Gasteiger partial charge on any atom is -0.298 e. The molecule has 2 saturated heterocycles. The van der Waals surface area contributed by atoms with Gasteiger partial charge in [0.05, 0.1) is 0 Å². The fourth-order valence-corrected chi connectivity index (χ4v) is 3.33. The first-order chi connectivity index (χ1) is 5.97. The Kier molecular flexibility index (Phi) is 1.97. The molecule has 2 rings (SSSR count). The topological polar surface area (TPSA) is 6.48 Å². The van der Waals surface area contributed by atoms with Crippen molar-refractivity contribution in [1.82, 2.24) is 9.80 Å². The zero-order chi connectivity index (χ0) is 9.80. The quantitative estimate of drug-likeness (QED) is 0.607. The lowest BCUT2D eigenvalue weighted by atomic mass is 9.92. The molecule has 2 bridgehead atoms. The summed E-state index contributed by atoms with van der Waals surface area (Å²) in [6, 6.07) is 2.22. The van der Waals surface area contributed by atoms with Gasteiger partial charge in [0.15, 0.2) is 0 Å². The van der Waals surface area contributed by atoms with Crippen molar-refractivity contribution in [3.05, 3.63) is 0 Å². The molecule has 0 radical (unpaired) electrons. The molecular formula is C11H22N2. The fraction of sp³-hybridized carbons (Fsp3) is 1.00. The average molecular weight is 182 g/mol. The summed E-state index contributed by atoms with van der Waals surface area (Å²) in [4.78, 5) is 5.24. The molecule has 76 valence electrons. The summed E-state index contributed by atoms with van der Waals surface area (Å²) in [6.07, 6.45) is 1.36. The third kappa shape index (κ3) is 1.08. The second kappa shape index (κ2) is 2.71. The van der Waals surface area contributed by atoms with Gasteiger partial charge in [-0.25, -0.2) is 0 Å². The first-order valence-electron chi connectivity index (χ1n) is 5.45. The lowest BCUT2D eigenvalue weighted by molar-refractivity contribution is 0.0212. The molecule has 2 heterocycles. The van der Waals surface area contributed by atoms with Crippen LogP contribution in [0, 0.1) is 0 Å². The first-order valence-corrected chi connectivity index (χ1v) is 5.45.